The molecule has 33 nitrogen and oxygen atoms in total. The van der Waals surface area contributed by atoms with Crippen LogP contribution < -0.4 is 11.6 Å². The third-order valence-corrected chi connectivity index (χ3v) is 20.0. The number of benzene rings is 6. The first-order chi connectivity index (χ1) is 69.8. The fourth-order valence-corrected chi connectivity index (χ4v) is 10.6. The van der Waals surface area contributed by atoms with Crippen molar-refractivity contribution in [2.45, 2.75) is 329 Å². The number of esters is 1. The molecule has 0 spiro atoms. The minimum atomic E-state index is -3.64. The van der Waals surface area contributed by atoms with Crippen LogP contribution in [0.2, 0.25) is 0 Å². The average molecular weight is 2140 g/mol. The Hall–Kier alpha value is -13.3. The number of carbonyl (C=O) groups is 16. The Morgan fingerprint density at radius 3 is 1.17 bits per heavy atom. The van der Waals surface area contributed by atoms with Gasteiger partial charge in [0.25, 0.3) is 0 Å². The summed E-state index contributed by atoms with van der Waals surface area (Å²) in [5, 5.41) is 38.7. The third kappa shape index (κ3) is 105. The molecule has 832 valence electrons. The number of hydrogen-bond acceptors (Lipinski definition) is 28. The van der Waals surface area contributed by atoms with Gasteiger partial charge in [0.05, 0.1) is 12.5 Å². The van der Waals surface area contributed by atoms with Crippen molar-refractivity contribution in [3.63, 3.8) is 0 Å². The molecule has 2 aromatic heterocycles. The number of halogens is 1. The first-order valence-corrected chi connectivity index (χ1v) is 51.2. The van der Waals surface area contributed by atoms with Crippen molar-refractivity contribution in [2.24, 2.45) is 11.1 Å². The van der Waals surface area contributed by atoms with E-state index in [2.05, 4.69) is 51.7 Å². The van der Waals surface area contributed by atoms with Crippen molar-refractivity contribution in [3.8, 4) is 11.1 Å². The molecule has 9 N–H and O–H groups in total. The fourth-order valence-electron chi connectivity index (χ4n) is 10.6. The van der Waals surface area contributed by atoms with Gasteiger partial charge in [-0.2, -0.15) is 5.10 Å². The first kappa shape index (κ1) is 150. The summed E-state index contributed by atoms with van der Waals surface area (Å²) in [6.07, 6.45) is 28.9. The van der Waals surface area contributed by atoms with Crippen LogP contribution in [0.3, 0.4) is 0 Å². The maximum absolute atomic E-state index is 11.6. The van der Waals surface area contributed by atoms with Crippen molar-refractivity contribution in [1.82, 2.24) is 15.2 Å². The van der Waals surface area contributed by atoms with Crippen LogP contribution in [0.25, 0.3) is 17.2 Å². The number of nitrogens with zero attached hydrogens (tertiary/aromatic N) is 2. The Morgan fingerprint density at radius 2 is 0.847 bits per heavy atom. The van der Waals surface area contributed by atoms with Gasteiger partial charge in [-0.25, -0.2) is 20.3 Å². The Morgan fingerprint density at radius 1 is 0.473 bits per heavy atom. The molecule has 6 aromatic carbocycles. The zero-order valence-corrected chi connectivity index (χ0v) is 93.2. The highest BCUT2D eigenvalue weighted by Crippen LogP contribution is 2.27. The Kier molecular flexibility index (Phi) is 94.0. The summed E-state index contributed by atoms with van der Waals surface area (Å²) in [6, 6.07) is 55.7. The number of rotatable bonds is 47. The zero-order chi connectivity index (χ0) is 115. The molecule has 2 heterocycles. The van der Waals surface area contributed by atoms with E-state index in [1.54, 1.807) is 68.4 Å². The molecule has 8 rings (SSSR count). The molecule has 1 unspecified atom stereocenters. The monoisotopic (exact) mass is 2130 g/mol. The minimum absolute atomic E-state index is 0. The zero-order valence-electron chi connectivity index (χ0n) is 91.5. The molecule has 35 heteroatoms. The van der Waals surface area contributed by atoms with E-state index in [-0.39, 0.29) is 125 Å². The molecule has 0 amide bonds. The summed E-state index contributed by atoms with van der Waals surface area (Å²) in [6.45, 7) is 39.2. The molecular weight excluding hydrogens is 1970 g/mol. The summed E-state index contributed by atoms with van der Waals surface area (Å²) in [7, 11) is -3.64. The number of nitrogens with one attached hydrogen (secondary N) is 1. The van der Waals surface area contributed by atoms with Crippen molar-refractivity contribution in [1.29, 1.82) is 0 Å². The summed E-state index contributed by atoms with van der Waals surface area (Å²) in [4.78, 5) is 206. The molecule has 0 aliphatic rings. The van der Waals surface area contributed by atoms with Gasteiger partial charge in [0.2, 0.25) is 0 Å². The molecule has 0 aliphatic carbocycles. The first-order valence-electron chi connectivity index (χ1n) is 49.1. The standard InChI is InChI=1S/C18H32O4.C14H12O.C13H24O3.C11H14O.C10H10O.C9H10O.C8H8O.C6H11NO3.C6H6O5.C6H12O.C5H8O3.C4H5N3O.C4H8O.CH5O3P.ClH/c1-16(19)12-10-11-15-18(20)14-9-7-5-3-4-6-8-13-17(2)22-21;1-11(15)13-8-5-9-14(10-13)12-6-3-2-4-7-12;1-12(14)10-8-6-4-3-5-7-9-11-13(2)16-15;1-9(12)11(2,3)10-7-5-4-6-8-10;1-9(11)7-8-10-5-3-2-4-6-10;1-8(10)7-9-5-3-2-4-6-9;1-7(9)8-5-3-2-4-6-8;1-4(8)5(7)2-3-6(9)10;1-4(7)9-2-5-3-10-6(8)11-5;1-5(7)6(2,3)4;1-4(6)2-3-5(7)8;1-3(8)4-5-2-6-7-4;1-3-4(2)5;1-5(2,3)4;/h21H,2-15H2,1H3;2-10H,1H3;15H,2-11H2,1H3;4-8H,1-3H3;2-8H,1H3;2-6H,7H2,1H3;2-6H,1H3;5H,2-3,7H2,1H3,(H,9,10);3H,2H2,1H3;1-4H3;2-3H2,1H3,(H,7,8);2H,1H3,(H,5,6,7);3H2,1-2H3;1H3,(H2,2,3,4);1H/b;;;;8-7+;;;;;;;;;;. The van der Waals surface area contributed by atoms with E-state index < -0.39 is 37.4 Å². The van der Waals surface area contributed by atoms with Crippen LogP contribution in [0.5, 0.6) is 0 Å². The lowest BCUT2D eigenvalue weighted by Gasteiger charge is -2.21. The molecule has 0 bridgehead atoms. The van der Waals surface area contributed by atoms with Gasteiger partial charge in [-0.3, -0.25) is 67.2 Å². The molecule has 150 heavy (non-hydrogen) atoms. The predicted octanol–water partition coefficient (Wildman–Crippen LogP) is 24.7. The number of ketones is 13. The van der Waals surface area contributed by atoms with Crippen LogP contribution in [0.1, 0.15) is 359 Å². The van der Waals surface area contributed by atoms with Crippen LogP contribution in [-0.2, 0) is 99.8 Å². The number of aromatic nitrogens is 3. The predicted molar refractivity (Wildman–Crippen MR) is 588 cm³/mol. The van der Waals surface area contributed by atoms with Crippen molar-refractivity contribution in [2.75, 3.05) is 6.66 Å². The SMILES string of the molecule is C=C(CCCCCCCCCC(=O)CCCCC(C)=O)OO.C=C(CCCCCCCCCC(C)=O)OO.CC(=O)/C=C/c1ccccc1.CC(=O)C(C)(C)C.CC(=O)C(C)(C)c1ccccc1.CC(=O)C(N)CCC(=O)O.CC(=O)CCC(=O)O.CC(=O)Cc1ccccc1.CC(=O)OCc1coc(=O)o1.CC(=O)c1cccc(-c2ccccc2)c1.CC(=O)c1ccccc1.CC(=O)c1ncn[nH]1.CCC(C)=O.CP(=O)(O)O.Cl. The quantitative estimate of drug-likeness (QED) is 0.00257. The second-order valence-electron chi connectivity index (χ2n) is 35.7. The molecule has 0 fully saturated rings. The number of carbonyl (C=O) groups excluding carboxylic acids is 14. The third-order valence-electron chi connectivity index (χ3n) is 20.0. The van der Waals surface area contributed by atoms with E-state index in [1.807, 2.05) is 224 Å². The van der Waals surface area contributed by atoms with Gasteiger partial charge in [-0.05, 0) is 175 Å². The number of ether oxygens (including phenoxy) is 1. The van der Waals surface area contributed by atoms with E-state index in [0.29, 0.717) is 67.4 Å². The van der Waals surface area contributed by atoms with Crippen LogP contribution in [0, 0.1) is 5.41 Å². The van der Waals surface area contributed by atoms with Crippen LogP contribution in [-0.4, -0.2) is 151 Å². The highest BCUT2D eigenvalue weighted by molar-refractivity contribution is 7.50. The number of Topliss-reactive ketones (excluding diaryl/α,β-unsaturated/α-hetero) is 12. The fraction of sp³-hybridized carbons (Fsp3) is 0.452. The molecule has 0 saturated carbocycles. The van der Waals surface area contributed by atoms with E-state index in [0.717, 1.165) is 129 Å². The number of aromatic amines is 1. The lowest BCUT2D eigenvalue weighted by atomic mass is 9.81. The van der Waals surface area contributed by atoms with Crippen molar-refractivity contribution in [3.05, 3.63) is 269 Å². The molecular formula is C115H166ClN4O29P. The number of carboxylic acid groups (broad SMARTS) is 2. The second-order valence-corrected chi connectivity index (χ2v) is 37.4. The molecule has 1 atom stereocenters. The Balaban J connectivity index is -0.000000298. The van der Waals surface area contributed by atoms with Crippen LogP contribution in [0.15, 0.2) is 233 Å². The van der Waals surface area contributed by atoms with Crippen molar-refractivity contribution < 1.29 is 135 Å². The van der Waals surface area contributed by atoms with Gasteiger partial charge in [0.15, 0.2) is 41.3 Å². The molecule has 0 radical (unpaired) electrons. The molecule has 0 aliphatic heterocycles. The van der Waals surface area contributed by atoms with Crippen molar-refractivity contribution >= 4 is 119 Å². The summed E-state index contributed by atoms with van der Waals surface area (Å²) in [5.41, 5.74) is 11.8. The van der Waals surface area contributed by atoms with Gasteiger partial charge < -0.3 is 68.3 Å². The maximum atomic E-state index is 11.6. The highest BCUT2D eigenvalue weighted by Gasteiger charge is 2.25. The maximum Gasteiger partial charge on any atom is 0.518 e. The Labute approximate surface area is 892 Å². The van der Waals surface area contributed by atoms with E-state index in [1.165, 1.54) is 72.5 Å². The number of carboxylic acids is 2. The van der Waals surface area contributed by atoms with Gasteiger partial charge in [0.1, 0.15) is 76.2 Å². The molecule has 0 saturated heterocycles. The summed E-state index contributed by atoms with van der Waals surface area (Å²) < 4.78 is 22.6. The average Bonchev–Trinajstić information content (AvgIpc) is 0.956. The summed E-state index contributed by atoms with van der Waals surface area (Å²) >= 11 is 0. The highest BCUT2D eigenvalue weighted by atomic mass is 35.5. The van der Waals surface area contributed by atoms with Crippen LogP contribution >= 0.6 is 20.0 Å². The number of nitrogens with two attached hydrogens (primary N) is 1. The largest absolute Gasteiger partial charge is 0.518 e. The Bertz CT molecular complexity index is 5240. The topological polar surface area (TPSA) is 550 Å². The van der Waals surface area contributed by atoms with E-state index in [9.17, 15) is 86.1 Å². The number of H-pyrrole nitrogens is 1. The molecule has 8 aromatic rings. The lowest BCUT2D eigenvalue weighted by molar-refractivity contribution is -0.205. The number of allylic oxidation sites excluding steroid dienone is 3. The van der Waals surface area contributed by atoms with Gasteiger partial charge in [-0.15, -0.1) is 12.4 Å². The van der Waals surface area contributed by atoms with Gasteiger partial charge in [0, 0.05) is 107 Å². The minimum Gasteiger partial charge on any atom is -0.481 e. The van der Waals surface area contributed by atoms with Gasteiger partial charge in [-0.1, -0.05) is 281 Å². The number of unbranched alkanes of at least 4 members (excludes halogenated alkanes) is 13. The smallest absolute Gasteiger partial charge is 0.481 e. The lowest BCUT2D eigenvalue weighted by Crippen LogP contribution is -2.28. The second kappa shape index (κ2) is 94.2. The number of hydrogen-bond donors (Lipinski definition) is 8. The van der Waals surface area contributed by atoms with E-state index >= 15 is 0 Å². The van der Waals surface area contributed by atoms with Gasteiger partial charge >= 0.3 is 31.3 Å². The normalized spacial score (nSPS) is 10.1. The summed E-state index contributed by atoms with van der Waals surface area (Å²) in [5.74, 6) is 0.0383. The van der Waals surface area contributed by atoms with Crippen LogP contribution in [0.4, 0.5) is 0 Å². The number of aliphatic carboxylic acids is 2. The van der Waals surface area contributed by atoms with E-state index in [4.69, 9.17) is 36.2 Å².